The SMILES string of the molecule is O=C(O)c1c(Cl)c(Cl)c(Cl)c(Cl)c1C(=O)O.[AlH3].[MgH2]. The summed E-state index contributed by atoms with van der Waals surface area (Å²) in [6, 6.07) is 0. The number of aromatic carboxylic acids is 2. The first kappa shape index (κ1) is 20.9. The molecule has 4 nitrogen and oxygen atoms in total. The number of halogens is 4. The normalized spacial score (nSPS) is 9.11. The van der Waals surface area contributed by atoms with Gasteiger partial charge in [-0.05, 0) is 0 Å². The molecular weight excluding hydrogens is 353 g/mol. The number of hydrogen-bond donors (Lipinski definition) is 2. The van der Waals surface area contributed by atoms with Gasteiger partial charge in [0.05, 0.1) is 31.2 Å². The van der Waals surface area contributed by atoms with Crippen molar-refractivity contribution in [3.63, 3.8) is 0 Å². The molecule has 0 saturated heterocycles. The predicted octanol–water partition coefficient (Wildman–Crippen LogP) is 1.60. The van der Waals surface area contributed by atoms with E-state index in [-0.39, 0.29) is 50.5 Å². The highest BCUT2D eigenvalue weighted by atomic mass is 35.5. The van der Waals surface area contributed by atoms with Gasteiger partial charge in [-0.3, -0.25) is 0 Å². The lowest BCUT2D eigenvalue weighted by Crippen LogP contribution is -2.10. The number of rotatable bonds is 2. The van der Waals surface area contributed by atoms with E-state index in [4.69, 9.17) is 56.6 Å². The Morgan fingerprint density at radius 2 is 0.944 bits per heavy atom. The fourth-order valence-electron chi connectivity index (χ4n) is 1.03. The van der Waals surface area contributed by atoms with Gasteiger partial charge in [-0.2, -0.15) is 0 Å². The van der Waals surface area contributed by atoms with Crippen LogP contribution in [0.3, 0.4) is 0 Å². The number of benzene rings is 1. The Hall–Kier alpha value is 0.619. The molecule has 0 bridgehead atoms. The van der Waals surface area contributed by atoms with E-state index in [1.54, 1.807) is 0 Å². The van der Waals surface area contributed by atoms with Gasteiger partial charge in [0.2, 0.25) is 0 Å². The minimum Gasteiger partial charge on any atom is -0.478 e. The molecule has 18 heavy (non-hydrogen) atoms. The molecule has 0 heterocycles. The number of carboxylic acid groups (broad SMARTS) is 2. The van der Waals surface area contributed by atoms with Crippen molar-refractivity contribution < 1.29 is 19.8 Å². The third-order valence-electron chi connectivity index (χ3n) is 1.69. The van der Waals surface area contributed by atoms with Gasteiger partial charge < -0.3 is 10.2 Å². The summed E-state index contributed by atoms with van der Waals surface area (Å²) in [6.45, 7) is 0. The highest BCUT2D eigenvalue weighted by molar-refractivity contribution is 6.53. The molecule has 0 aliphatic rings. The van der Waals surface area contributed by atoms with E-state index < -0.39 is 33.1 Å². The van der Waals surface area contributed by atoms with Crippen molar-refractivity contribution in [3.8, 4) is 0 Å². The van der Waals surface area contributed by atoms with Crippen LogP contribution in [0.25, 0.3) is 0 Å². The first-order valence-corrected chi connectivity index (χ1v) is 5.12. The van der Waals surface area contributed by atoms with E-state index in [1.807, 2.05) is 0 Å². The van der Waals surface area contributed by atoms with Crippen molar-refractivity contribution in [2.75, 3.05) is 0 Å². The Labute approximate surface area is 148 Å². The third kappa shape index (κ3) is 3.81. The van der Waals surface area contributed by atoms with E-state index in [2.05, 4.69) is 0 Å². The molecule has 0 aromatic heterocycles. The largest absolute Gasteiger partial charge is 0.478 e. The van der Waals surface area contributed by atoms with Gasteiger partial charge in [0.15, 0.2) is 17.4 Å². The van der Waals surface area contributed by atoms with Crippen LogP contribution in [0.15, 0.2) is 0 Å². The van der Waals surface area contributed by atoms with Crippen LogP contribution in [-0.4, -0.2) is 62.6 Å². The Kier molecular flexibility index (Phi) is 9.33. The van der Waals surface area contributed by atoms with Gasteiger partial charge in [0, 0.05) is 0 Å². The van der Waals surface area contributed by atoms with Gasteiger partial charge >= 0.3 is 35.0 Å². The summed E-state index contributed by atoms with van der Waals surface area (Å²) in [6.07, 6.45) is 0. The fraction of sp³-hybridized carbons (Fsp3) is 0. The molecule has 0 aliphatic carbocycles. The summed E-state index contributed by atoms with van der Waals surface area (Å²) in [5.74, 6) is -3.11. The predicted molar refractivity (Wildman–Crippen MR) is 78.9 cm³/mol. The quantitative estimate of drug-likeness (QED) is 0.477. The molecule has 10 heteroatoms. The van der Waals surface area contributed by atoms with E-state index in [0.717, 1.165) is 0 Å². The number of hydrogen-bond acceptors (Lipinski definition) is 2. The van der Waals surface area contributed by atoms with Crippen molar-refractivity contribution in [3.05, 3.63) is 31.2 Å². The maximum atomic E-state index is 10.9. The van der Waals surface area contributed by atoms with Crippen LogP contribution in [0.2, 0.25) is 20.1 Å². The summed E-state index contributed by atoms with van der Waals surface area (Å²) in [5, 5.41) is 16.1. The van der Waals surface area contributed by atoms with Crippen LogP contribution < -0.4 is 0 Å². The molecule has 96 valence electrons. The zero-order valence-corrected chi connectivity index (χ0v) is 10.2. The molecule has 0 saturated carbocycles. The topological polar surface area (TPSA) is 74.6 Å². The maximum Gasteiger partial charge on any atom is 0.338 e. The highest BCUT2D eigenvalue weighted by Crippen LogP contribution is 2.41. The zero-order valence-electron chi connectivity index (χ0n) is 7.22. The minimum atomic E-state index is -1.55. The van der Waals surface area contributed by atoms with Crippen molar-refractivity contribution in [2.45, 2.75) is 0 Å². The molecular formula is C8H7AlCl4MgO4. The Balaban J connectivity index is 0. The summed E-state index contributed by atoms with van der Waals surface area (Å²) in [7, 11) is 0. The Morgan fingerprint density at radius 3 is 1.11 bits per heavy atom. The standard InChI is InChI=1S/C8H2Cl4O4.Al.Mg.5H/c9-3-1(7(13)14)2(8(15)16)4(10)6(12)5(3)11;;;;;;;/h(H,13,14)(H,15,16);;;;;;;. The number of carboxylic acids is 2. The summed E-state index contributed by atoms with van der Waals surface area (Å²) >= 11 is 22.4. The Morgan fingerprint density at radius 1 is 0.722 bits per heavy atom. The van der Waals surface area contributed by atoms with Crippen LogP contribution >= 0.6 is 46.4 Å². The monoisotopic (exact) mass is 358 g/mol. The van der Waals surface area contributed by atoms with Crippen LogP contribution in [0, 0.1) is 0 Å². The van der Waals surface area contributed by atoms with Crippen LogP contribution in [0.1, 0.15) is 20.7 Å². The van der Waals surface area contributed by atoms with E-state index in [0.29, 0.717) is 0 Å². The van der Waals surface area contributed by atoms with Crippen molar-refractivity contribution >= 4 is 98.8 Å². The van der Waals surface area contributed by atoms with Crippen molar-refractivity contribution in [1.29, 1.82) is 0 Å². The highest BCUT2D eigenvalue weighted by Gasteiger charge is 2.28. The number of carbonyl (C=O) groups is 2. The molecule has 0 aliphatic heterocycles. The molecule has 1 aromatic rings. The van der Waals surface area contributed by atoms with Crippen LogP contribution in [-0.2, 0) is 0 Å². The minimum absolute atomic E-state index is 0. The molecule has 1 rings (SSSR count). The first-order valence-electron chi connectivity index (χ1n) is 3.61. The molecule has 0 fully saturated rings. The van der Waals surface area contributed by atoms with Gasteiger partial charge in [-0.1, -0.05) is 46.4 Å². The fourth-order valence-corrected chi connectivity index (χ4v) is 2.05. The summed E-state index contributed by atoms with van der Waals surface area (Å²) < 4.78 is 0. The second-order valence-corrected chi connectivity index (χ2v) is 4.13. The van der Waals surface area contributed by atoms with Gasteiger partial charge in [-0.25, -0.2) is 9.59 Å². The van der Waals surface area contributed by atoms with E-state index >= 15 is 0 Å². The summed E-state index contributed by atoms with van der Waals surface area (Å²) in [5.41, 5.74) is -1.37. The summed E-state index contributed by atoms with van der Waals surface area (Å²) in [4.78, 5) is 21.7. The van der Waals surface area contributed by atoms with E-state index in [1.165, 1.54) is 0 Å². The van der Waals surface area contributed by atoms with Crippen LogP contribution in [0.4, 0.5) is 0 Å². The van der Waals surface area contributed by atoms with Gasteiger partial charge in [0.1, 0.15) is 0 Å². The second-order valence-electron chi connectivity index (χ2n) is 2.62. The van der Waals surface area contributed by atoms with Crippen molar-refractivity contribution in [1.82, 2.24) is 0 Å². The lowest BCUT2D eigenvalue weighted by Gasteiger charge is -2.10. The molecule has 1 aromatic carbocycles. The Bertz CT molecular complexity index is 464. The first-order chi connectivity index (χ1) is 7.29. The van der Waals surface area contributed by atoms with E-state index in [9.17, 15) is 9.59 Å². The molecule has 0 unspecified atom stereocenters. The van der Waals surface area contributed by atoms with Crippen molar-refractivity contribution in [2.24, 2.45) is 0 Å². The lowest BCUT2D eigenvalue weighted by molar-refractivity contribution is 0.0652. The second kappa shape index (κ2) is 8.03. The average Bonchev–Trinajstić information content (AvgIpc) is 2.18. The van der Waals surface area contributed by atoms with Gasteiger partial charge in [-0.15, -0.1) is 0 Å². The third-order valence-corrected chi connectivity index (χ3v) is 3.50. The average molecular weight is 360 g/mol. The lowest BCUT2D eigenvalue weighted by atomic mass is 10.1. The zero-order chi connectivity index (χ0) is 12.6. The molecule has 2 N–H and O–H groups in total. The molecule has 0 radical (unpaired) electrons. The molecule has 0 atom stereocenters. The van der Waals surface area contributed by atoms with Gasteiger partial charge in [0.25, 0.3) is 0 Å². The maximum absolute atomic E-state index is 10.9. The molecule has 0 amide bonds. The molecule has 0 spiro atoms. The smallest absolute Gasteiger partial charge is 0.338 e. The van der Waals surface area contributed by atoms with Crippen LogP contribution in [0.5, 0.6) is 0 Å².